The number of nitrogen functional groups attached to an aromatic ring is 1. The Morgan fingerprint density at radius 2 is 2.05 bits per heavy atom. The Morgan fingerprint density at radius 1 is 1.25 bits per heavy atom. The van der Waals surface area contributed by atoms with Crippen molar-refractivity contribution in [1.29, 1.82) is 0 Å². The van der Waals surface area contributed by atoms with E-state index in [-0.39, 0.29) is 13.0 Å². The van der Waals surface area contributed by atoms with Crippen LogP contribution >= 0.6 is 15.9 Å². The molecule has 2 rings (SSSR count). The van der Waals surface area contributed by atoms with Gasteiger partial charge in [0.2, 0.25) is 0 Å². The van der Waals surface area contributed by atoms with Crippen LogP contribution in [0.4, 0.5) is 10.1 Å². The standard InChI is InChI=1S/C15H13BrFNO2/c16-12-4-5-14(17)11(8-12)9-20-15(19)7-10-2-1-3-13(18)6-10/h1-6,8H,7,9,18H2. The quantitative estimate of drug-likeness (QED) is 0.686. The van der Waals surface area contributed by atoms with Crippen molar-refractivity contribution < 1.29 is 13.9 Å². The number of anilines is 1. The fourth-order valence-electron chi connectivity index (χ4n) is 1.73. The van der Waals surface area contributed by atoms with Gasteiger partial charge >= 0.3 is 5.97 Å². The molecular formula is C15H13BrFNO2. The number of hydrogen-bond acceptors (Lipinski definition) is 3. The summed E-state index contributed by atoms with van der Waals surface area (Å²) in [5.41, 5.74) is 7.32. The van der Waals surface area contributed by atoms with E-state index in [1.807, 2.05) is 0 Å². The largest absolute Gasteiger partial charge is 0.460 e. The van der Waals surface area contributed by atoms with Crippen molar-refractivity contribution >= 4 is 27.6 Å². The summed E-state index contributed by atoms with van der Waals surface area (Å²) in [7, 11) is 0. The van der Waals surface area contributed by atoms with E-state index < -0.39 is 11.8 Å². The van der Waals surface area contributed by atoms with Crippen molar-refractivity contribution in [3.05, 3.63) is 63.9 Å². The van der Waals surface area contributed by atoms with Gasteiger partial charge in [-0.3, -0.25) is 4.79 Å². The molecule has 0 fully saturated rings. The Labute approximate surface area is 124 Å². The smallest absolute Gasteiger partial charge is 0.310 e. The molecule has 2 aromatic rings. The minimum atomic E-state index is -0.421. The topological polar surface area (TPSA) is 52.3 Å². The number of carbonyl (C=O) groups excluding carboxylic acids is 1. The number of benzene rings is 2. The summed E-state index contributed by atoms with van der Waals surface area (Å²) in [6.45, 7) is -0.0909. The van der Waals surface area contributed by atoms with Crippen LogP contribution in [0.15, 0.2) is 46.9 Å². The van der Waals surface area contributed by atoms with Gasteiger partial charge in [-0.2, -0.15) is 0 Å². The van der Waals surface area contributed by atoms with Crippen molar-refractivity contribution in [2.75, 3.05) is 5.73 Å². The molecule has 0 aliphatic heterocycles. The molecule has 0 aromatic heterocycles. The number of rotatable bonds is 4. The molecule has 0 saturated carbocycles. The van der Waals surface area contributed by atoms with Crippen LogP contribution in [0.25, 0.3) is 0 Å². The average Bonchev–Trinajstić information content (AvgIpc) is 2.40. The van der Waals surface area contributed by atoms with Crippen molar-refractivity contribution in [1.82, 2.24) is 0 Å². The molecule has 20 heavy (non-hydrogen) atoms. The summed E-state index contributed by atoms with van der Waals surface area (Å²) >= 11 is 3.24. The van der Waals surface area contributed by atoms with E-state index in [4.69, 9.17) is 10.5 Å². The number of esters is 1. The van der Waals surface area contributed by atoms with Gasteiger partial charge in [-0.25, -0.2) is 4.39 Å². The third kappa shape index (κ3) is 4.06. The van der Waals surface area contributed by atoms with Crippen molar-refractivity contribution in [3.63, 3.8) is 0 Å². The van der Waals surface area contributed by atoms with Crippen LogP contribution in [0, 0.1) is 5.82 Å². The first-order valence-corrected chi connectivity index (χ1v) is 6.78. The van der Waals surface area contributed by atoms with E-state index in [9.17, 15) is 9.18 Å². The first-order chi connectivity index (χ1) is 9.54. The van der Waals surface area contributed by atoms with Gasteiger partial charge in [0.1, 0.15) is 12.4 Å². The molecule has 5 heteroatoms. The van der Waals surface area contributed by atoms with Gasteiger partial charge in [-0.05, 0) is 35.9 Å². The Bertz CT molecular complexity index is 631. The lowest BCUT2D eigenvalue weighted by Crippen LogP contribution is -2.09. The maximum atomic E-state index is 13.5. The highest BCUT2D eigenvalue weighted by molar-refractivity contribution is 9.10. The van der Waals surface area contributed by atoms with Crippen LogP contribution in [0.2, 0.25) is 0 Å². The molecule has 0 aliphatic rings. The summed E-state index contributed by atoms with van der Waals surface area (Å²) < 4.78 is 19.3. The number of ether oxygens (including phenoxy) is 1. The lowest BCUT2D eigenvalue weighted by Gasteiger charge is -2.07. The van der Waals surface area contributed by atoms with Crippen LogP contribution in [0.3, 0.4) is 0 Å². The summed E-state index contributed by atoms with van der Waals surface area (Å²) in [4.78, 5) is 11.7. The fourth-order valence-corrected chi connectivity index (χ4v) is 2.14. The van der Waals surface area contributed by atoms with Gasteiger partial charge in [0.25, 0.3) is 0 Å². The molecule has 0 spiro atoms. The molecule has 104 valence electrons. The predicted molar refractivity (Wildman–Crippen MR) is 78.5 cm³/mol. The summed E-state index contributed by atoms with van der Waals surface area (Å²) in [5, 5.41) is 0. The van der Waals surface area contributed by atoms with Crippen LogP contribution in [0.1, 0.15) is 11.1 Å². The van der Waals surface area contributed by atoms with Crippen LogP contribution in [0.5, 0.6) is 0 Å². The molecule has 0 heterocycles. The third-order valence-electron chi connectivity index (χ3n) is 2.70. The molecule has 0 aliphatic carbocycles. The number of nitrogens with two attached hydrogens (primary N) is 1. The molecule has 0 amide bonds. The van der Waals surface area contributed by atoms with E-state index in [0.717, 1.165) is 10.0 Å². The minimum Gasteiger partial charge on any atom is -0.460 e. The highest BCUT2D eigenvalue weighted by Crippen LogP contribution is 2.16. The molecule has 2 N–H and O–H groups in total. The van der Waals surface area contributed by atoms with Gasteiger partial charge in [0.15, 0.2) is 0 Å². The Kier molecular flexibility index (Phi) is 4.74. The second-order valence-electron chi connectivity index (χ2n) is 4.32. The lowest BCUT2D eigenvalue weighted by molar-refractivity contribution is -0.144. The zero-order chi connectivity index (χ0) is 14.5. The third-order valence-corrected chi connectivity index (χ3v) is 3.19. The van der Waals surface area contributed by atoms with Crippen molar-refractivity contribution in [2.45, 2.75) is 13.0 Å². The first-order valence-electron chi connectivity index (χ1n) is 5.98. The molecule has 0 bridgehead atoms. The van der Waals surface area contributed by atoms with Gasteiger partial charge in [-0.15, -0.1) is 0 Å². The van der Waals surface area contributed by atoms with Gasteiger partial charge in [0.05, 0.1) is 6.42 Å². The predicted octanol–water partition coefficient (Wildman–Crippen LogP) is 3.46. The number of carbonyl (C=O) groups is 1. The summed E-state index contributed by atoms with van der Waals surface area (Å²) in [6.07, 6.45) is 0.112. The van der Waals surface area contributed by atoms with Crippen LogP contribution < -0.4 is 5.73 Å². The first kappa shape index (κ1) is 14.5. The molecule has 3 nitrogen and oxygen atoms in total. The fraction of sp³-hybridized carbons (Fsp3) is 0.133. The van der Waals surface area contributed by atoms with Crippen LogP contribution in [-0.4, -0.2) is 5.97 Å². The zero-order valence-corrected chi connectivity index (χ0v) is 12.2. The van der Waals surface area contributed by atoms with Gasteiger partial charge in [0, 0.05) is 15.7 Å². The van der Waals surface area contributed by atoms with E-state index in [1.165, 1.54) is 6.07 Å². The minimum absolute atomic E-state index is 0.0909. The van der Waals surface area contributed by atoms with Crippen molar-refractivity contribution in [2.24, 2.45) is 0 Å². The molecule has 0 saturated heterocycles. The van der Waals surface area contributed by atoms with Crippen molar-refractivity contribution in [3.8, 4) is 0 Å². The summed E-state index contributed by atoms with van der Waals surface area (Å²) in [5.74, 6) is -0.820. The van der Waals surface area contributed by atoms with Crippen LogP contribution in [-0.2, 0) is 22.6 Å². The second kappa shape index (κ2) is 6.52. The monoisotopic (exact) mass is 337 g/mol. The Morgan fingerprint density at radius 3 is 2.80 bits per heavy atom. The van der Waals surface area contributed by atoms with E-state index in [1.54, 1.807) is 36.4 Å². The molecule has 0 radical (unpaired) electrons. The summed E-state index contributed by atoms with van der Waals surface area (Å²) in [6, 6.07) is 11.5. The normalized spacial score (nSPS) is 10.3. The lowest BCUT2D eigenvalue weighted by atomic mass is 10.1. The zero-order valence-electron chi connectivity index (χ0n) is 10.6. The second-order valence-corrected chi connectivity index (χ2v) is 5.23. The van der Waals surface area contributed by atoms with Gasteiger partial charge in [-0.1, -0.05) is 28.1 Å². The molecule has 0 unspecified atom stereocenters. The Hall–Kier alpha value is -1.88. The number of halogens is 2. The Balaban J connectivity index is 1.94. The van der Waals surface area contributed by atoms with E-state index >= 15 is 0 Å². The molecule has 0 atom stereocenters. The van der Waals surface area contributed by atoms with E-state index in [0.29, 0.717) is 11.3 Å². The highest BCUT2D eigenvalue weighted by Gasteiger charge is 2.08. The van der Waals surface area contributed by atoms with Gasteiger partial charge < -0.3 is 10.5 Å². The van der Waals surface area contributed by atoms with E-state index in [2.05, 4.69) is 15.9 Å². The molecule has 2 aromatic carbocycles. The average molecular weight is 338 g/mol. The maximum Gasteiger partial charge on any atom is 0.310 e. The maximum absolute atomic E-state index is 13.5. The highest BCUT2D eigenvalue weighted by atomic mass is 79.9. The molecular weight excluding hydrogens is 325 g/mol. The SMILES string of the molecule is Nc1cccc(CC(=O)OCc2cc(Br)ccc2F)c1. The number of hydrogen-bond donors (Lipinski definition) is 1.